The topological polar surface area (TPSA) is 22.1 Å². The summed E-state index contributed by atoms with van der Waals surface area (Å²) in [5.74, 6) is 0.815. The van der Waals surface area contributed by atoms with Gasteiger partial charge in [-0.3, -0.25) is 4.98 Å². The van der Waals surface area contributed by atoms with Crippen molar-refractivity contribution in [2.24, 2.45) is 0 Å². The van der Waals surface area contributed by atoms with Crippen LogP contribution in [0.2, 0.25) is 0 Å². The summed E-state index contributed by atoms with van der Waals surface area (Å²) in [6, 6.07) is 17.9. The number of methoxy groups -OCH3 is 1. The number of pyridine rings is 1. The second kappa shape index (κ2) is 10.7. The van der Waals surface area contributed by atoms with Crippen molar-refractivity contribution in [2.75, 3.05) is 7.11 Å². The molecular weight excluding hydrogens is 318 g/mol. The van der Waals surface area contributed by atoms with Crippen LogP contribution in [0.1, 0.15) is 44.2 Å². The zero-order chi connectivity index (χ0) is 17.9. The van der Waals surface area contributed by atoms with Gasteiger partial charge in [0.05, 0.1) is 18.0 Å². The maximum atomic E-state index is 6.58. The third-order valence-corrected chi connectivity index (χ3v) is 3.81. The van der Waals surface area contributed by atoms with E-state index in [0.29, 0.717) is 0 Å². The van der Waals surface area contributed by atoms with Crippen LogP contribution in [-0.4, -0.2) is 12.1 Å². The summed E-state index contributed by atoms with van der Waals surface area (Å²) in [5, 5.41) is 0.897. The van der Waals surface area contributed by atoms with Gasteiger partial charge in [0.2, 0.25) is 0 Å². The third-order valence-electron chi connectivity index (χ3n) is 3.31. The van der Waals surface area contributed by atoms with Gasteiger partial charge in [0.1, 0.15) is 5.75 Å². The largest absolute Gasteiger partial charge is 0.497 e. The summed E-state index contributed by atoms with van der Waals surface area (Å²) in [6.45, 7) is 8.00. The number of nitrogens with zero attached hydrogens (tertiary/aromatic N) is 1. The van der Waals surface area contributed by atoms with Crippen LogP contribution >= 0.6 is 11.6 Å². The van der Waals surface area contributed by atoms with Crippen LogP contribution in [-0.2, 0) is 0 Å². The zero-order valence-corrected chi connectivity index (χ0v) is 15.8. The third kappa shape index (κ3) is 4.97. The number of rotatable bonds is 3. The highest BCUT2D eigenvalue weighted by Gasteiger charge is 2.12. The summed E-state index contributed by atoms with van der Waals surface area (Å²) in [4.78, 5) is 4.32. The smallest absolute Gasteiger partial charge is 0.119 e. The lowest BCUT2D eigenvalue weighted by Crippen LogP contribution is -1.94. The van der Waals surface area contributed by atoms with Gasteiger partial charge in [-0.2, -0.15) is 0 Å². The highest BCUT2D eigenvalue weighted by atomic mass is 35.5. The number of hydrogen-bond acceptors (Lipinski definition) is 2. The van der Waals surface area contributed by atoms with Crippen molar-refractivity contribution in [3.63, 3.8) is 0 Å². The van der Waals surface area contributed by atoms with E-state index in [1.54, 1.807) is 13.3 Å². The normalized spacial score (nSPS) is 10.8. The van der Waals surface area contributed by atoms with E-state index in [2.05, 4.69) is 11.1 Å². The molecule has 0 saturated heterocycles. The SMILES string of the molecule is CC.CC.COc1cccc(C(Cl)c2ccc3ncccc3c2)c1. The van der Waals surface area contributed by atoms with E-state index in [0.717, 1.165) is 27.8 Å². The first kappa shape index (κ1) is 20.0. The molecule has 3 rings (SSSR count). The Morgan fingerprint density at radius 2 is 1.58 bits per heavy atom. The van der Waals surface area contributed by atoms with Crippen LogP contribution in [0.25, 0.3) is 10.9 Å². The van der Waals surface area contributed by atoms with Crippen molar-refractivity contribution in [1.82, 2.24) is 4.98 Å². The predicted molar refractivity (Wildman–Crippen MR) is 105 cm³/mol. The monoisotopic (exact) mass is 343 g/mol. The van der Waals surface area contributed by atoms with Gasteiger partial charge in [-0.15, -0.1) is 11.6 Å². The molecule has 2 aromatic carbocycles. The molecule has 128 valence electrons. The average molecular weight is 344 g/mol. The van der Waals surface area contributed by atoms with E-state index in [9.17, 15) is 0 Å². The molecule has 0 bridgehead atoms. The number of fused-ring (bicyclic) bond motifs is 1. The van der Waals surface area contributed by atoms with Crippen molar-refractivity contribution >= 4 is 22.5 Å². The number of ether oxygens (including phenoxy) is 1. The number of aromatic nitrogens is 1. The lowest BCUT2D eigenvalue weighted by Gasteiger charge is -2.12. The fraction of sp³-hybridized carbons (Fsp3) is 0.286. The Morgan fingerprint density at radius 3 is 2.29 bits per heavy atom. The van der Waals surface area contributed by atoms with Crippen LogP contribution < -0.4 is 4.74 Å². The van der Waals surface area contributed by atoms with Gasteiger partial charge in [0.25, 0.3) is 0 Å². The number of benzene rings is 2. The number of alkyl halides is 1. The van der Waals surface area contributed by atoms with Crippen LogP contribution in [0.3, 0.4) is 0 Å². The Labute approximate surface area is 150 Å². The summed E-state index contributed by atoms with van der Waals surface area (Å²) >= 11 is 6.58. The molecule has 3 heteroatoms. The first-order chi connectivity index (χ1) is 11.8. The van der Waals surface area contributed by atoms with E-state index in [1.165, 1.54) is 0 Å². The van der Waals surface area contributed by atoms with Crippen molar-refractivity contribution < 1.29 is 4.74 Å². The molecule has 1 heterocycles. The average Bonchev–Trinajstić information content (AvgIpc) is 2.70. The quantitative estimate of drug-likeness (QED) is 0.498. The molecule has 1 atom stereocenters. The van der Waals surface area contributed by atoms with Gasteiger partial charge in [0, 0.05) is 11.6 Å². The van der Waals surface area contributed by atoms with Gasteiger partial charge in [-0.1, -0.05) is 52.0 Å². The summed E-state index contributed by atoms with van der Waals surface area (Å²) < 4.78 is 5.24. The van der Waals surface area contributed by atoms with E-state index in [4.69, 9.17) is 16.3 Å². The molecule has 1 unspecified atom stereocenters. The lowest BCUT2D eigenvalue weighted by molar-refractivity contribution is 0.414. The van der Waals surface area contributed by atoms with Crippen LogP contribution in [0, 0.1) is 0 Å². The minimum absolute atomic E-state index is 0.199. The van der Waals surface area contributed by atoms with Gasteiger partial charge in [0.15, 0.2) is 0 Å². The second-order valence-electron chi connectivity index (χ2n) is 4.59. The molecule has 0 saturated carbocycles. The zero-order valence-electron chi connectivity index (χ0n) is 15.1. The van der Waals surface area contributed by atoms with Crippen molar-refractivity contribution in [1.29, 1.82) is 0 Å². The molecule has 0 N–H and O–H groups in total. The summed E-state index contributed by atoms with van der Waals surface area (Å²) in [7, 11) is 1.66. The van der Waals surface area contributed by atoms with Crippen LogP contribution in [0.4, 0.5) is 0 Å². The molecule has 0 aliphatic carbocycles. The molecule has 1 aromatic heterocycles. The van der Waals surface area contributed by atoms with E-state index < -0.39 is 0 Å². The maximum absolute atomic E-state index is 6.58. The van der Waals surface area contributed by atoms with Crippen LogP contribution in [0.15, 0.2) is 60.8 Å². The van der Waals surface area contributed by atoms with Crippen molar-refractivity contribution in [3.05, 3.63) is 71.9 Å². The fourth-order valence-corrected chi connectivity index (χ4v) is 2.51. The highest BCUT2D eigenvalue weighted by Crippen LogP contribution is 2.32. The molecule has 3 aromatic rings. The van der Waals surface area contributed by atoms with Gasteiger partial charge >= 0.3 is 0 Å². The lowest BCUT2D eigenvalue weighted by atomic mass is 10.0. The number of hydrogen-bond donors (Lipinski definition) is 0. The molecule has 24 heavy (non-hydrogen) atoms. The van der Waals surface area contributed by atoms with E-state index in [1.807, 2.05) is 76.2 Å². The predicted octanol–water partition coefficient (Wildman–Crippen LogP) is 6.62. The van der Waals surface area contributed by atoms with Crippen molar-refractivity contribution in [3.8, 4) is 5.75 Å². The van der Waals surface area contributed by atoms with Gasteiger partial charge in [-0.05, 0) is 41.5 Å². The fourth-order valence-electron chi connectivity index (χ4n) is 2.24. The van der Waals surface area contributed by atoms with E-state index in [-0.39, 0.29) is 5.38 Å². The molecule has 0 radical (unpaired) electrons. The van der Waals surface area contributed by atoms with Gasteiger partial charge < -0.3 is 4.74 Å². The Morgan fingerprint density at radius 1 is 0.875 bits per heavy atom. The Bertz CT molecular complexity index is 742. The van der Waals surface area contributed by atoms with Gasteiger partial charge in [-0.25, -0.2) is 0 Å². The Kier molecular flexibility index (Phi) is 8.88. The first-order valence-electron chi connectivity index (χ1n) is 8.40. The van der Waals surface area contributed by atoms with E-state index >= 15 is 0 Å². The highest BCUT2D eigenvalue weighted by molar-refractivity contribution is 6.22. The molecule has 0 aliphatic heterocycles. The summed E-state index contributed by atoms with van der Waals surface area (Å²) in [6.07, 6.45) is 1.79. The molecule has 0 spiro atoms. The second-order valence-corrected chi connectivity index (χ2v) is 5.03. The van der Waals surface area contributed by atoms with Crippen LogP contribution in [0.5, 0.6) is 5.75 Å². The molecule has 0 amide bonds. The molecule has 2 nitrogen and oxygen atoms in total. The molecular formula is C21H26ClNO. The Balaban J connectivity index is 0.000000671. The first-order valence-corrected chi connectivity index (χ1v) is 8.84. The minimum Gasteiger partial charge on any atom is -0.497 e. The maximum Gasteiger partial charge on any atom is 0.119 e. The standard InChI is InChI=1S/C17H14ClNO.2C2H6/c1-20-15-6-2-4-13(11-15)17(18)14-7-8-16-12(10-14)5-3-9-19-16;2*1-2/h2-11,17H,1H3;2*1-2H3. The molecule has 0 aliphatic rings. The Hall–Kier alpha value is -2.06. The summed E-state index contributed by atoms with van der Waals surface area (Å²) in [5.41, 5.74) is 3.06. The minimum atomic E-state index is -0.199. The van der Waals surface area contributed by atoms with Crippen molar-refractivity contribution in [2.45, 2.75) is 33.1 Å². The number of halogens is 1. The molecule has 0 fully saturated rings.